The second-order valence-electron chi connectivity index (χ2n) is 5.38. The van der Waals surface area contributed by atoms with Crippen LogP contribution in [0.2, 0.25) is 0 Å². The van der Waals surface area contributed by atoms with Gasteiger partial charge < -0.3 is 5.11 Å². The molecule has 128 valence electrons. The van der Waals surface area contributed by atoms with Gasteiger partial charge in [-0.05, 0) is 6.42 Å². The third-order valence-electron chi connectivity index (χ3n) is 3.26. The molecule has 0 radical (unpaired) electrons. The Morgan fingerprint density at radius 1 is 0.682 bits per heavy atom. The Balaban J connectivity index is 3.35. The van der Waals surface area contributed by atoms with Gasteiger partial charge in [0.1, 0.15) is 0 Å². The molecular formula is C16H28O6. The minimum Gasteiger partial charge on any atom is -0.481 e. The van der Waals surface area contributed by atoms with E-state index in [-0.39, 0.29) is 19.3 Å². The van der Waals surface area contributed by atoms with Crippen LogP contribution >= 0.6 is 0 Å². The molecule has 22 heavy (non-hydrogen) atoms. The van der Waals surface area contributed by atoms with Gasteiger partial charge in [-0.3, -0.25) is 4.79 Å². The van der Waals surface area contributed by atoms with Crippen molar-refractivity contribution in [2.45, 2.75) is 84.0 Å². The van der Waals surface area contributed by atoms with E-state index in [4.69, 9.17) is 5.11 Å². The van der Waals surface area contributed by atoms with Crippen LogP contribution in [-0.4, -0.2) is 23.0 Å². The van der Waals surface area contributed by atoms with Crippen LogP contribution < -0.4 is 0 Å². The van der Waals surface area contributed by atoms with Gasteiger partial charge >= 0.3 is 17.9 Å². The highest BCUT2D eigenvalue weighted by molar-refractivity contribution is 5.77. The number of carbonyl (C=O) groups excluding carboxylic acids is 2. The lowest BCUT2D eigenvalue weighted by atomic mass is 10.1. The molecule has 0 aliphatic carbocycles. The molecule has 6 nitrogen and oxygen atoms in total. The van der Waals surface area contributed by atoms with Crippen molar-refractivity contribution in [1.82, 2.24) is 0 Å². The molecule has 0 unspecified atom stereocenters. The van der Waals surface area contributed by atoms with E-state index in [1.807, 2.05) is 0 Å². The molecule has 0 aromatic rings. The van der Waals surface area contributed by atoms with Gasteiger partial charge in [-0.2, -0.15) is 0 Å². The molecule has 0 fully saturated rings. The van der Waals surface area contributed by atoms with E-state index in [0.717, 1.165) is 12.8 Å². The van der Waals surface area contributed by atoms with E-state index in [0.29, 0.717) is 6.42 Å². The van der Waals surface area contributed by atoms with Crippen molar-refractivity contribution < 1.29 is 29.3 Å². The Labute approximate surface area is 132 Å². The topological polar surface area (TPSA) is 89.9 Å². The zero-order chi connectivity index (χ0) is 16.6. The number of carboxylic acids is 1. The number of unbranched alkanes of at least 4 members (excludes halogenated alkanes) is 8. The van der Waals surface area contributed by atoms with Gasteiger partial charge in [0, 0.05) is 0 Å². The Bertz CT molecular complexity index is 327. The van der Waals surface area contributed by atoms with Gasteiger partial charge in [0.2, 0.25) is 0 Å². The average molecular weight is 316 g/mol. The number of aliphatic carboxylic acids is 1. The molecule has 0 aromatic carbocycles. The summed E-state index contributed by atoms with van der Waals surface area (Å²) in [6.07, 6.45) is 9.89. The van der Waals surface area contributed by atoms with Crippen LogP contribution in [0.4, 0.5) is 0 Å². The highest BCUT2D eigenvalue weighted by Gasteiger charge is 2.11. The zero-order valence-electron chi connectivity index (χ0n) is 13.5. The van der Waals surface area contributed by atoms with Gasteiger partial charge in [0.05, 0.1) is 19.3 Å². The first kappa shape index (κ1) is 20.4. The summed E-state index contributed by atoms with van der Waals surface area (Å²) in [4.78, 5) is 41.1. The molecule has 1 N–H and O–H groups in total. The minimum absolute atomic E-state index is 0.210. The van der Waals surface area contributed by atoms with Crippen molar-refractivity contribution in [1.29, 1.82) is 0 Å². The molecule has 0 saturated heterocycles. The Hall–Kier alpha value is -1.59. The van der Waals surface area contributed by atoms with Crippen LogP contribution in [0.3, 0.4) is 0 Å². The van der Waals surface area contributed by atoms with Crippen molar-refractivity contribution in [2.24, 2.45) is 0 Å². The summed E-state index contributed by atoms with van der Waals surface area (Å²) in [6, 6.07) is 0. The van der Waals surface area contributed by atoms with Crippen LogP contribution in [-0.2, 0) is 24.2 Å². The molecule has 0 heterocycles. The van der Waals surface area contributed by atoms with Crippen LogP contribution in [0, 0.1) is 0 Å². The summed E-state index contributed by atoms with van der Waals surface area (Å²) in [5, 5.41) is 8.37. The molecule has 0 atom stereocenters. The third-order valence-corrected chi connectivity index (χ3v) is 3.26. The Morgan fingerprint density at radius 2 is 1.14 bits per heavy atom. The molecule has 0 amide bonds. The van der Waals surface area contributed by atoms with E-state index in [1.54, 1.807) is 0 Å². The van der Waals surface area contributed by atoms with Crippen LogP contribution in [0.1, 0.15) is 84.0 Å². The van der Waals surface area contributed by atoms with E-state index in [1.165, 1.54) is 38.5 Å². The van der Waals surface area contributed by atoms with Crippen molar-refractivity contribution >= 4 is 17.9 Å². The van der Waals surface area contributed by atoms with Crippen molar-refractivity contribution in [2.75, 3.05) is 0 Å². The smallest absolute Gasteiger partial charge is 0.356 e. The molecule has 6 heteroatoms. The quantitative estimate of drug-likeness (QED) is 0.316. The van der Waals surface area contributed by atoms with Gasteiger partial charge in [-0.25, -0.2) is 19.4 Å². The largest absolute Gasteiger partial charge is 0.481 e. The summed E-state index contributed by atoms with van der Waals surface area (Å²) in [7, 11) is 0. The maximum Gasteiger partial charge on any atom is 0.356 e. The van der Waals surface area contributed by atoms with Crippen LogP contribution in [0.15, 0.2) is 0 Å². The summed E-state index contributed by atoms with van der Waals surface area (Å²) in [5.41, 5.74) is 0. The van der Waals surface area contributed by atoms with Gasteiger partial charge in [0.25, 0.3) is 0 Å². The fourth-order valence-corrected chi connectivity index (χ4v) is 1.97. The predicted octanol–water partition coefficient (Wildman–Crippen LogP) is 3.77. The monoisotopic (exact) mass is 316 g/mol. The lowest BCUT2D eigenvalue weighted by molar-refractivity contribution is -0.259. The zero-order valence-corrected chi connectivity index (χ0v) is 13.5. The second-order valence-corrected chi connectivity index (χ2v) is 5.38. The first-order chi connectivity index (χ1) is 10.6. The Morgan fingerprint density at radius 3 is 1.64 bits per heavy atom. The Kier molecular flexibility index (Phi) is 13.3. The van der Waals surface area contributed by atoms with Gasteiger partial charge in [-0.1, -0.05) is 58.3 Å². The lowest BCUT2D eigenvalue weighted by Gasteiger charge is -2.03. The number of hydrogen-bond acceptors (Lipinski definition) is 5. The first-order valence-electron chi connectivity index (χ1n) is 8.18. The predicted molar refractivity (Wildman–Crippen MR) is 80.9 cm³/mol. The lowest BCUT2D eigenvalue weighted by Crippen LogP contribution is -2.12. The molecule has 0 saturated carbocycles. The van der Waals surface area contributed by atoms with Crippen LogP contribution in [0.25, 0.3) is 0 Å². The molecule has 0 rings (SSSR count). The maximum absolute atomic E-state index is 11.3. The highest BCUT2D eigenvalue weighted by atomic mass is 17.2. The summed E-state index contributed by atoms with van der Waals surface area (Å²) < 4.78 is 0. The first-order valence-corrected chi connectivity index (χ1v) is 8.18. The maximum atomic E-state index is 11.3. The van der Waals surface area contributed by atoms with E-state index < -0.39 is 17.9 Å². The van der Waals surface area contributed by atoms with Crippen LogP contribution in [0.5, 0.6) is 0 Å². The number of hydrogen-bond donors (Lipinski definition) is 1. The number of carboxylic acid groups (broad SMARTS) is 1. The van der Waals surface area contributed by atoms with Crippen molar-refractivity contribution in [3.63, 3.8) is 0 Å². The molecule has 0 aromatic heterocycles. The standard InChI is InChI=1S/C16H28O6/c1-2-3-4-5-6-7-8-9-10-11-15(19)21-22-16(20)13-12-14(17)18/h2-13H2,1H3,(H,17,18). The van der Waals surface area contributed by atoms with Crippen molar-refractivity contribution in [3.8, 4) is 0 Å². The normalized spacial score (nSPS) is 10.2. The molecule has 0 bridgehead atoms. The van der Waals surface area contributed by atoms with E-state index in [9.17, 15) is 14.4 Å². The summed E-state index contributed by atoms with van der Waals surface area (Å²) in [5.74, 6) is -2.53. The van der Waals surface area contributed by atoms with E-state index in [2.05, 4.69) is 16.7 Å². The van der Waals surface area contributed by atoms with E-state index >= 15 is 0 Å². The third kappa shape index (κ3) is 14.8. The SMILES string of the molecule is CCCCCCCCCCCC(=O)OOC(=O)CCC(=O)O. The van der Waals surface area contributed by atoms with Gasteiger partial charge in [-0.15, -0.1) is 0 Å². The minimum atomic E-state index is -1.10. The number of carbonyl (C=O) groups is 3. The molecule has 0 aliphatic rings. The number of rotatable bonds is 13. The summed E-state index contributed by atoms with van der Waals surface area (Å²) in [6.45, 7) is 2.20. The molecule has 0 aliphatic heterocycles. The summed E-state index contributed by atoms with van der Waals surface area (Å²) >= 11 is 0. The molecular weight excluding hydrogens is 288 g/mol. The molecule has 0 spiro atoms. The van der Waals surface area contributed by atoms with Gasteiger partial charge in [0.15, 0.2) is 0 Å². The average Bonchev–Trinajstić information content (AvgIpc) is 2.49. The second kappa shape index (κ2) is 14.4. The van der Waals surface area contributed by atoms with Crippen molar-refractivity contribution in [3.05, 3.63) is 0 Å². The highest BCUT2D eigenvalue weighted by Crippen LogP contribution is 2.10. The fraction of sp³-hybridized carbons (Fsp3) is 0.812. The fourth-order valence-electron chi connectivity index (χ4n) is 1.97.